The summed E-state index contributed by atoms with van der Waals surface area (Å²) in [6.07, 6.45) is 15.8. The molecule has 4 aliphatic rings. The molecule has 0 heterocycles. The Morgan fingerprint density at radius 2 is 1.83 bits per heavy atom. The smallest absolute Gasteiger partial charge is 0.159 e. The van der Waals surface area contributed by atoms with Crippen molar-refractivity contribution in [1.82, 2.24) is 0 Å². The van der Waals surface area contributed by atoms with Gasteiger partial charge < -0.3 is 0 Å². The summed E-state index contributed by atoms with van der Waals surface area (Å²) >= 11 is 0. The van der Waals surface area contributed by atoms with E-state index in [1.807, 2.05) is 0 Å². The lowest BCUT2D eigenvalue weighted by atomic mass is 9.54. The zero-order chi connectivity index (χ0) is 12.1. The molecule has 5 unspecified atom stereocenters. The second-order valence-corrected chi connectivity index (χ2v) is 6.77. The molecular weight excluding hydrogens is 220 g/mol. The number of fused-ring (bicyclic) bond motifs is 5. The maximum absolute atomic E-state index is 12.3. The number of allylic oxidation sites excluding steroid dienone is 4. The third kappa shape index (κ3) is 1.49. The first-order chi connectivity index (χ1) is 8.84. The molecule has 3 fully saturated rings. The molecule has 5 atom stereocenters. The molecule has 1 nitrogen and oxygen atoms in total. The minimum atomic E-state index is 0.456. The van der Waals surface area contributed by atoms with Crippen LogP contribution in [0.4, 0.5) is 0 Å². The molecule has 0 spiro atoms. The Morgan fingerprint density at radius 3 is 2.78 bits per heavy atom. The first-order valence-electron chi connectivity index (χ1n) is 7.76. The third-order valence-electron chi connectivity index (χ3n) is 6.10. The zero-order valence-electron chi connectivity index (χ0n) is 11.0. The summed E-state index contributed by atoms with van der Waals surface area (Å²) in [5, 5.41) is 0. The summed E-state index contributed by atoms with van der Waals surface area (Å²) in [7, 11) is 0. The van der Waals surface area contributed by atoms with E-state index in [1.54, 1.807) is 0 Å². The minimum Gasteiger partial charge on any atom is -0.295 e. The first kappa shape index (κ1) is 11.0. The second kappa shape index (κ2) is 4.08. The average Bonchev–Trinajstić information content (AvgIpc) is 2.89. The summed E-state index contributed by atoms with van der Waals surface area (Å²) in [5.41, 5.74) is 1.13. The Morgan fingerprint density at radius 1 is 0.944 bits per heavy atom. The van der Waals surface area contributed by atoms with Crippen LogP contribution >= 0.6 is 0 Å². The molecule has 0 aromatic heterocycles. The number of hydrogen-bond donors (Lipinski definition) is 0. The Balaban J connectivity index is 1.65. The molecule has 0 amide bonds. The molecule has 0 aromatic carbocycles. The Hall–Kier alpha value is -0.850. The van der Waals surface area contributed by atoms with Gasteiger partial charge in [-0.25, -0.2) is 0 Å². The van der Waals surface area contributed by atoms with Crippen LogP contribution in [0.1, 0.15) is 44.9 Å². The zero-order valence-corrected chi connectivity index (χ0v) is 11.0. The normalized spacial score (nSPS) is 46.1. The van der Waals surface area contributed by atoms with Crippen molar-refractivity contribution in [2.45, 2.75) is 44.9 Å². The molecule has 4 rings (SSSR count). The van der Waals surface area contributed by atoms with Crippen molar-refractivity contribution >= 4 is 5.78 Å². The SMILES string of the molecule is O=C1CC2C3CCCCC3CCC2C2C=CC=C12. The Labute approximate surface area is 109 Å². The molecule has 96 valence electrons. The van der Waals surface area contributed by atoms with E-state index in [2.05, 4.69) is 18.2 Å². The van der Waals surface area contributed by atoms with Gasteiger partial charge in [0.25, 0.3) is 0 Å². The fourth-order valence-electron chi connectivity index (χ4n) is 5.32. The van der Waals surface area contributed by atoms with Crippen LogP contribution < -0.4 is 0 Å². The molecule has 1 heteroatoms. The Bertz CT molecular complexity index is 431. The van der Waals surface area contributed by atoms with Crippen LogP contribution in [0.25, 0.3) is 0 Å². The lowest BCUT2D eigenvalue weighted by molar-refractivity contribution is -0.122. The van der Waals surface area contributed by atoms with Gasteiger partial charge in [0.1, 0.15) is 0 Å². The van der Waals surface area contributed by atoms with Gasteiger partial charge in [-0.1, -0.05) is 37.5 Å². The molecule has 0 saturated heterocycles. The lowest BCUT2D eigenvalue weighted by Gasteiger charge is -2.49. The summed E-state index contributed by atoms with van der Waals surface area (Å²) in [6, 6.07) is 0. The maximum atomic E-state index is 12.3. The van der Waals surface area contributed by atoms with Gasteiger partial charge in [0.2, 0.25) is 0 Å². The number of carbonyl (C=O) groups is 1. The third-order valence-corrected chi connectivity index (χ3v) is 6.10. The number of rotatable bonds is 0. The van der Waals surface area contributed by atoms with Crippen molar-refractivity contribution in [2.24, 2.45) is 29.6 Å². The summed E-state index contributed by atoms with van der Waals surface area (Å²) in [4.78, 5) is 12.3. The van der Waals surface area contributed by atoms with Crippen molar-refractivity contribution in [3.05, 3.63) is 23.8 Å². The monoisotopic (exact) mass is 242 g/mol. The minimum absolute atomic E-state index is 0.456. The molecule has 18 heavy (non-hydrogen) atoms. The number of carbonyl (C=O) groups excluding carboxylic acids is 1. The van der Waals surface area contributed by atoms with Crippen LogP contribution in [0.15, 0.2) is 23.8 Å². The summed E-state index contributed by atoms with van der Waals surface area (Å²) in [5.74, 6) is 4.26. The lowest BCUT2D eigenvalue weighted by Crippen LogP contribution is -2.44. The molecule has 0 aromatic rings. The molecule has 0 radical (unpaired) electrons. The van der Waals surface area contributed by atoms with Gasteiger partial charge in [-0.2, -0.15) is 0 Å². The van der Waals surface area contributed by atoms with Crippen molar-refractivity contribution < 1.29 is 4.79 Å². The van der Waals surface area contributed by atoms with Gasteiger partial charge in [-0.15, -0.1) is 0 Å². The van der Waals surface area contributed by atoms with E-state index in [4.69, 9.17) is 0 Å². The molecule has 0 aliphatic heterocycles. The van der Waals surface area contributed by atoms with E-state index in [0.29, 0.717) is 17.6 Å². The maximum Gasteiger partial charge on any atom is 0.159 e. The highest BCUT2D eigenvalue weighted by molar-refractivity contribution is 5.98. The van der Waals surface area contributed by atoms with E-state index in [1.165, 1.54) is 38.5 Å². The fourth-order valence-corrected chi connectivity index (χ4v) is 5.32. The van der Waals surface area contributed by atoms with Crippen LogP contribution in [-0.2, 0) is 4.79 Å². The molecule has 0 bridgehead atoms. The van der Waals surface area contributed by atoms with Crippen LogP contribution in [0.5, 0.6) is 0 Å². The number of ketones is 1. The highest BCUT2D eigenvalue weighted by atomic mass is 16.1. The highest BCUT2D eigenvalue weighted by Gasteiger charge is 2.48. The quantitative estimate of drug-likeness (QED) is 0.629. The van der Waals surface area contributed by atoms with Gasteiger partial charge in [-0.3, -0.25) is 4.79 Å². The molecule has 4 aliphatic carbocycles. The van der Waals surface area contributed by atoms with E-state index < -0.39 is 0 Å². The van der Waals surface area contributed by atoms with Crippen molar-refractivity contribution in [2.75, 3.05) is 0 Å². The largest absolute Gasteiger partial charge is 0.295 e. The second-order valence-electron chi connectivity index (χ2n) is 6.77. The number of Topliss-reactive ketones (excluding diaryl/α,β-unsaturated/α-hetero) is 1. The van der Waals surface area contributed by atoms with E-state index in [9.17, 15) is 4.79 Å². The average molecular weight is 242 g/mol. The van der Waals surface area contributed by atoms with E-state index in [0.717, 1.165) is 29.7 Å². The van der Waals surface area contributed by atoms with Crippen LogP contribution in [0, 0.1) is 29.6 Å². The van der Waals surface area contributed by atoms with Gasteiger partial charge in [0.15, 0.2) is 5.78 Å². The molecule has 0 N–H and O–H groups in total. The standard InChI is InChI=1S/C17H22O/c18-17-10-16-12-5-2-1-4-11(12)8-9-14(16)13-6-3-7-15(13)17/h3,6-7,11-14,16H,1-2,4-5,8-10H2. The van der Waals surface area contributed by atoms with Crippen LogP contribution in [0.3, 0.4) is 0 Å². The van der Waals surface area contributed by atoms with Gasteiger partial charge >= 0.3 is 0 Å². The van der Waals surface area contributed by atoms with Gasteiger partial charge in [0, 0.05) is 17.9 Å². The van der Waals surface area contributed by atoms with Crippen LogP contribution in [-0.4, -0.2) is 5.78 Å². The summed E-state index contributed by atoms with van der Waals surface area (Å²) < 4.78 is 0. The molecular formula is C17H22O. The predicted molar refractivity (Wildman–Crippen MR) is 72.0 cm³/mol. The fraction of sp³-hybridized carbons (Fsp3) is 0.706. The van der Waals surface area contributed by atoms with Crippen molar-refractivity contribution in [3.63, 3.8) is 0 Å². The van der Waals surface area contributed by atoms with E-state index >= 15 is 0 Å². The van der Waals surface area contributed by atoms with E-state index in [-0.39, 0.29) is 0 Å². The summed E-state index contributed by atoms with van der Waals surface area (Å²) in [6.45, 7) is 0. The topological polar surface area (TPSA) is 17.1 Å². The molecule has 3 saturated carbocycles. The first-order valence-corrected chi connectivity index (χ1v) is 7.76. The van der Waals surface area contributed by atoms with Gasteiger partial charge in [-0.05, 0) is 42.9 Å². The van der Waals surface area contributed by atoms with Gasteiger partial charge in [0.05, 0.1) is 0 Å². The van der Waals surface area contributed by atoms with Crippen LogP contribution in [0.2, 0.25) is 0 Å². The number of hydrogen-bond acceptors (Lipinski definition) is 1. The Kier molecular flexibility index (Phi) is 2.50. The van der Waals surface area contributed by atoms with Crippen molar-refractivity contribution in [3.8, 4) is 0 Å². The predicted octanol–water partition coefficient (Wildman–Crippen LogP) is 3.90. The highest BCUT2D eigenvalue weighted by Crippen LogP contribution is 2.54. The van der Waals surface area contributed by atoms with Crippen molar-refractivity contribution in [1.29, 1.82) is 0 Å².